The number of hydrogen-bond donors (Lipinski definition) is 2. The molecule has 1 aliphatic rings. The first-order valence-corrected chi connectivity index (χ1v) is 6.66. The van der Waals surface area contributed by atoms with Crippen molar-refractivity contribution < 1.29 is 4.39 Å². The lowest BCUT2D eigenvalue weighted by molar-refractivity contribution is 0.427. The van der Waals surface area contributed by atoms with E-state index in [1.165, 1.54) is 6.07 Å². The van der Waals surface area contributed by atoms with Gasteiger partial charge in [-0.15, -0.1) is 0 Å². The van der Waals surface area contributed by atoms with Crippen LogP contribution in [0.5, 0.6) is 0 Å². The number of benzene rings is 1. The van der Waals surface area contributed by atoms with Crippen LogP contribution in [0.25, 0.3) is 0 Å². The van der Waals surface area contributed by atoms with Crippen LogP contribution in [0.3, 0.4) is 0 Å². The van der Waals surface area contributed by atoms with Crippen molar-refractivity contribution in [2.24, 2.45) is 11.7 Å². The van der Waals surface area contributed by atoms with Crippen LogP contribution < -0.4 is 5.73 Å². The maximum Gasteiger partial charge on any atom is 0.128 e. The summed E-state index contributed by atoms with van der Waals surface area (Å²) in [6.45, 7) is 0. The van der Waals surface area contributed by atoms with Crippen molar-refractivity contribution >= 4 is 15.9 Å². The number of rotatable bonds is 3. The summed E-state index contributed by atoms with van der Waals surface area (Å²) in [5.74, 6) is -0.0102. The summed E-state index contributed by atoms with van der Waals surface area (Å²) in [7, 11) is 0. The van der Waals surface area contributed by atoms with Crippen LogP contribution >= 0.6 is 15.9 Å². The number of hydrogen-bond acceptors (Lipinski definition) is 2. The molecule has 1 aromatic carbocycles. The molecule has 5 heteroatoms. The van der Waals surface area contributed by atoms with E-state index in [0.29, 0.717) is 5.56 Å². The van der Waals surface area contributed by atoms with E-state index in [2.05, 4.69) is 26.1 Å². The zero-order valence-electron chi connectivity index (χ0n) is 9.66. The molecule has 0 spiro atoms. The molecule has 0 radical (unpaired) electrons. The number of nitrogens with zero attached hydrogens (tertiary/aromatic N) is 1. The fourth-order valence-corrected chi connectivity index (χ4v) is 2.79. The number of nitrogens with one attached hydrogen (secondary N) is 1. The molecule has 94 valence electrons. The molecule has 2 aromatic rings. The summed E-state index contributed by atoms with van der Waals surface area (Å²) < 4.78 is 14.9. The number of H-pyrrole nitrogens is 1. The van der Waals surface area contributed by atoms with Gasteiger partial charge in [0.15, 0.2) is 0 Å². The van der Waals surface area contributed by atoms with Crippen LogP contribution in [0.4, 0.5) is 4.39 Å². The third kappa shape index (κ3) is 1.78. The third-order valence-electron chi connectivity index (χ3n) is 3.54. The van der Waals surface area contributed by atoms with Gasteiger partial charge in [-0.05, 0) is 43.0 Å². The van der Waals surface area contributed by atoms with Gasteiger partial charge in [-0.2, -0.15) is 5.10 Å². The Morgan fingerprint density at radius 3 is 2.78 bits per heavy atom. The van der Waals surface area contributed by atoms with Crippen LogP contribution in [-0.4, -0.2) is 10.2 Å². The molecule has 1 saturated carbocycles. The molecule has 3 N–H and O–H groups in total. The second-order valence-electron chi connectivity index (χ2n) is 4.74. The molecule has 18 heavy (non-hydrogen) atoms. The first-order chi connectivity index (χ1) is 8.62. The van der Waals surface area contributed by atoms with Gasteiger partial charge in [0.05, 0.1) is 11.2 Å². The molecule has 1 fully saturated rings. The van der Waals surface area contributed by atoms with E-state index in [9.17, 15) is 4.39 Å². The van der Waals surface area contributed by atoms with Gasteiger partial charge in [0.2, 0.25) is 0 Å². The van der Waals surface area contributed by atoms with Crippen molar-refractivity contribution in [1.29, 1.82) is 0 Å². The first-order valence-electron chi connectivity index (χ1n) is 5.86. The maximum absolute atomic E-state index is 14.1. The van der Waals surface area contributed by atoms with Crippen molar-refractivity contribution in [2.45, 2.75) is 18.4 Å². The summed E-state index contributed by atoms with van der Waals surface area (Å²) in [5, 5.41) is 6.82. The topological polar surface area (TPSA) is 54.7 Å². The second kappa shape index (κ2) is 4.17. The predicted octanol–water partition coefficient (Wildman–Crippen LogP) is 2.92. The van der Waals surface area contributed by atoms with Crippen LogP contribution in [0.15, 0.2) is 34.9 Å². The molecule has 3 nitrogen and oxygen atoms in total. The summed E-state index contributed by atoms with van der Waals surface area (Å²) in [5.41, 5.74) is 7.00. The molecule has 0 bridgehead atoms. The molecule has 1 aromatic heterocycles. The Bertz CT molecular complexity index is 566. The summed E-state index contributed by atoms with van der Waals surface area (Å²) in [6.07, 6.45) is 3.68. The molecule has 0 amide bonds. The van der Waals surface area contributed by atoms with Gasteiger partial charge in [0.25, 0.3) is 0 Å². The largest absolute Gasteiger partial charge is 0.316 e. The third-order valence-corrected chi connectivity index (χ3v) is 4.04. The van der Waals surface area contributed by atoms with Gasteiger partial charge in [0.1, 0.15) is 5.82 Å². The van der Waals surface area contributed by atoms with Crippen LogP contribution in [0, 0.1) is 11.7 Å². The van der Waals surface area contributed by atoms with E-state index in [4.69, 9.17) is 5.73 Å². The van der Waals surface area contributed by atoms with Gasteiger partial charge >= 0.3 is 0 Å². The summed E-state index contributed by atoms with van der Waals surface area (Å²) in [6, 6.07) is 6.70. The summed E-state index contributed by atoms with van der Waals surface area (Å²) in [4.78, 5) is 0. The van der Waals surface area contributed by atoms with Crippen molar-refractivity contribution in [1.82, 2.24) is 10.2 Å². The zero-order valence-corrected chi connectivity index (χ0v) is 11.2. The first kappa shape index (κ1) is 11.9. The lowest BCUT2D eigenvalue weighted by atomic mass is 9.82. The zero-order chi connectivity index (χ0) is 12.8. The normalized spacial score (nSPS) is 18.6. The Balaban J connectivity index is 2.18. The van der Waals surface area contributed by atoms with Gasteiger partial charge in [0, 0.05) is 16.2 Å². The second-order valence-corrected chi connectivity index (χ2v) is 5.65. The molecule has 1 unspecified atom stereocenters. The summed E-state index contributed by atoms with van der Waals surface area (Å²) >= 11 is 3.37. The van der Waals surface area contributed by atoms with E-state index < -0.39 is 5.54 Å². The lowest BCUT2D eigenvalue weighted by Crippen LogP contribution is -2.41. The van der Waals surface area contributed by atoms with Gasteiger partial charge < -0.3 is 5.73 Å². The monoisotopic (exact) mass is 309 g/mol. The van der Waals surface area contributed by atoms with Crippen LogP contribution in [-0.2, 0) is 5.54 Å². The predicted molar refractivity (Wildman–Crippen MR) is 70.4 cm³/mol. The van der Waals surface area contributed by atoms with Crippen LogP contribution in [0.1, 0.15) is 24.1 Å². The number of halogens is 2. The average Bonchev–Trinajstić information content (AvgIpc) is 3.07. The minimum atomic E-state index is -0.815. The standard InChI is InChI=1S/C13H13BrFN3/c14-9-3-4-11(15)10(7-9)13(16,8-1-2-8)12-5-6-17-18-12/h3-8H,1-2,16H2,(H,17,18). The minimum Gasteiger partial charge on any atom is -0.316 e. The Morgan fingerprint density at radius 1 is 1.39 bits per heavy atom. The fraction of sp³-hybridized carbons (Fsp3) is 0.308. The molecule has 3 rings (SSSR count). The molecule has 1 atom stereocenters. The van der Waals surface area contributed by atoms with E-state index in [1.807, 2.05) is 6.07 Å². The highest BCUT2D eigenvalue weighted by Crippen LogP contribution is 2.48. The molecule has 1 heterocycles. The van der Waals surface area contributed by atoms with E-state index >= 15 is 0 Å². The van der Waals surface area contributed by atoms with Crippen molar-refractivity contribution in [3.63, 3.8) is 0 Å². The highest BCUT2D eigenvalue weighted by Gasteiger charge is 2.47. The highest BCUT2D eigenvalue weighted by atomic mass is 79.9. The van der Waals surface area contributed by atoms with Crippen LogP contribution in [0.2, 0.25) is 0 Å². The van der Waals surface area contributed by atoms with E-state index in [1.54, 1.807) is 18.3 Å². The van der Waals surface area contributed by atoms with Gasteiger partial charge in [-0.25, -0.2) is 4.39 Å². The highest BCUT2D eigenvalue weighted by molar-refractivity contribution is 9.10. The fourth-order valence-electron chi connectivity index (χ4n) is 2.42. The van der Waals surface area contributed by atoms with Gasteiger partial charge in [-0.1, -0.05) is 15.9 Å². The van der Waals surface area contributed by atoms with Gasteiger partial charge in [-0.3, -0.25) is 5.10 Å². The number of nitrogens with two attached hydrogens (primary N) is 1. The van der Waals surface area contributed by atoms with Crippen molar-refractivity contribution in [3.8, 4) is 0 Å². The molecule has 0 saturated heterocycles. The number of aromatic amines is 1. The van der Waals surface area contributed by atoms with E-state index in [-0.39, 0.29) is 11.7 Å². The average molecular weight is 310 g/mol. The maximum atomic E-state index is 14.1. The SMILES string of the molecule is NC(c1ccn[nH]1)(c1cc(Br)ccc1F)C1CC1. The Hall–Kier alpha value is -1.20. The Labute approximate surface area is 113 Å². The molecular formula is C13H13BrFN3. The molecular weight excluding hydrogens is 297 g/mol. The smallest absolute Gasteiger partial charge is 0.128 e. The minimum absolute atomic E-state index is 0.266. The van der Waals surface area contributed by atoms with E-state index in [0.717, 1.165) is 23.0 Å². The molecule has 1 aliphatic carbocycles. The van der Waals surface area contributed by atoms with Crippen molar-refractivity contribution in [3.05, 3.63) is 52.0 Å². The lowest BCUT2D eigenvalue weighted by Gasteiger charge is -2.29. The Kier molecular flexibility index (Phi) is 2.75. The van der Waals surface area contributed by atoms with Crippen molar-refractivity contribution in [2.75, 3.05) is 0 Å². The quantitative estimate of drug-likeness (QED) is 0.916. The number of aromatic nitrogens is 2. The molecule has 0 aliphatic heterocycles. The Morgan fingerprint density at radius 2 is 2.17 bits per heavy atom.